The Kier molecular flexibility index (Phi) is 5.34. The van der Waals surface area contributed by atoms with Crippen LogP contribution in [0, 0.1) is 5.82 Å². The van der Waals surface area contributed by atoms with Crippen molar-refractivity contribution in [3.63, 3.8) is 0 Å². The van der Waals surface area contributed by atoms with E-state index in [1.54, 1.807) is 0 Å². The Labute approximate surface area is 163 Å². The first-order valence-corrected chi connectivity index (χ1v) is 9.89. The van der Waals surface area contributed by atoms with E-state index in [-0.39, 0.29) is 23.5 Å². The summed E-state index contributed by atoms with van der Waals surface area (Å²) in [5.41, 5.74) is 1.31. The summed E-state index contributed by atoms with van der Waals surface area (Å²) in [4.78, 5) is 19.1. The van der Waals surface area contributed by atoms with Gasteiger partial charge >= 0.3 is 0 Å². The van der Waals surface area contributed by atoms with E-state index in [9.17, 15) is 9.18 Å². The molecule has 1 atom stereocenters. The highest BCUT2D eigenvalue weighted by molar-refractivity contribution is 6.32. The maximum absolute atomic E-state index is 13.1. The molecule has 0 spiro atoms. The third kappa shape index (κ3) is 3.95. The minimum atomic E-state index is -0.430. The van der Waals surface area contributed by atoms with Gasteiger partial charge in [0.05, 0.1) is 5.02 Å². The molecule has 1 fully saturated rings. The molecule has 2 aliphatic heterocycles. The van der Waals surface area contributed by atoms with Crippen LogP contribution in [-0.2, 0) is 17.8 Å². The summed E-state index contributed by atoms with van der Waals surface area (Å²) in [7, 11) is 0. The number of carbonyl (C=O) groups excluding carboxylic acids is 1. The Bertz CT molecular complexity index is 839. The molecule has 4 rings (SSSR count). The van der Waals surface area contributed by atoms with Gasteiger partial charge in [0.15, 0.2) is 6.61 Å². The van der Waals surface area contributed by atoms with Crippen LogP contribution < -0.4 is 4.74 Å². The molecule has 144 valence electrons. The lowest BCUT2D eigenvalue weighted by Crippen LogP contribution is -2.42. The summed E-state index contributed by atoms with van der Waals surface area (Å²) >= 11 is 5.96. The fraction of sp³-hybridized carbons (Fsp3) is 0.500. The van der Waals surface area contributed by atoms with Crippen molar-refractivity contribution in [3.05, 3.63) is 46.8 Å². The first kappa shape index (κ1) is 18.3. The maximum Gasteiger partial charge on any atom is 0.260 e. The summed E-state index contributed by atoms with van der Waals surface area (Å²) in [6.07, 6.45) is 7.51. The van der Waals surface area contributed by atoms with E-state index in [1.807, 2.05) is 11.1 Å². The lowest BCUT2D eigenvalue weighted by molar-refractivity contribution is -0.134. The minimum Gasteiger partial charge on any atom is -0.482 e. The molecule has 3 heterocycles. The number of imidazole rings is 1. The average Bonchev–Trinajstić information content (AvgIpc) is 3.11. The molecule has 1 aromatic heterocycles. The number of likely N-dealkylation sites (tertiary alicyclic amines) is 1. The van der Waals surface area contributed by atoms with Gasteiger partial charge in [0, 0.05) is 37.4 Å². The van der Waals surface area contributed by atoms with Crippen LogP contribution in [0.5, 0.6) is 5.75 Å². The number of hydrogen-bond donors (Lipinski definition) is 0. The van der Waals surface area contributed by atoms with Gasteiger partial charge in [-0.25, -0.2) is 9.37 Å². The first-order chi connectivity index (χ1) is 13.1. The van der Waals surface area contributed by atoms with Gasteiger partial charge < -0.3 is 14.2 Å². The molecule has 1 aromatic carbocycles. The van der Waals surface area contributed by atoms with Crippen molar-refractivity contribution >= 4 is 17.5 Å². The average molecular weight is 392 g/mol. The van der Waals surface area contributed by atoms with Crippen LogP contribution in [0.2, 0.25) is 5.02 Å². The molecule has 0 bridgehead atoms. The van der Waals surface area contributed by atoms with Crippen molar-refractivity contribution in [2.45, 2.75) is 44.6 Å². The lowest BCUT2D eigenvalue weighted by atomic mass is 9.96. The molecule has 7 heteroatoms. The van der Waals surface area contributed by atoms with E-state index in [0.29, 0.717) is 12.3 Å². The first-order valence-electron chi connectivity index (χ1n) is 9.52. The van der Waals surface area contributed by atoms with Gasteiger partial charge in [0.2, 0.25) is 0 Å². The number of nitrogens with zero attached hydrogens (tertiary/aromatic N) is 3. The Morgan fingerprint density at radius 1 is 1.30 bits per heavy atom. The fourth-order valence-corrected chi connectivity index (χ4v) is 4.25. The number of fused-ring (bicyclic) bond motifs is 1. The lowest BCUT2D eigenvalue weighted by Gasteiger charge is -2.33. The summed E-state index contributed by atoms with van der Waals surface area (Å²) in [6, 6.07) is 3.89. The number of piperidine rings is 1. The number of ether oxygens (including phenoxy) is 1. The third-order valence-electron chi connectivity index (χ3n) is 5.42. The standard InChI is InChI=1S/C20H23ClFN3O2/c21-17-10-15(22)6-7-18(17)27-13-19(26)24-8-3-4-14(12-24)20-23-11-16-5-1-2-9-25(16)20/h6-7,10-11,14H,1-5,8-9,12-13H2/t14-/m0/s1. The zero-order valence-corrected chi connectivity index (χ0v) is 15.9. The van der Waals surface area contributed by atoms with E-state index in [2.05, 4.69) is 9.55 Å². The van der Waals surface area contributed by atoms with Crippen molar-refractivity contribution < 1.29 is 13.9 Å². The van der Waals surface area contributed by atoms with Crippen molar-refractivity contribution in [2.75, 3.05) is 19.7 Å². The Morgan fingerprint density at radius 3 is 3.04 bits per heavy atom. The fourth-order valence-electron chi connectivity index (χ4n) is 4.02. The number of amides is 1. The normalized spacial score (nSPS) is 19.6. The molecular formula is C20H23ClFN3O2. The van der Waals surface area contributed by atoms with E-state index >= 15 is 0 Å². The van der Waals surface area contributed by atoms with Crippen LogP contribution >= 0.6 is 11.6 Å². The molecular weight excluding hydrogens is 369 g/mol. The van der Waals surface area contributed by atoms with Gasteiger partial charge in [-0.05, 0) is 50.3 Å². The maximum atomic E-state index is 13.1. The van der Waals surface area contributed by atoms with E-state index in [0.717, 1.165) is 38.2 Å². The highest BCUT2D eigenvalue weighted by Gasteiger charge is 2.29. The van der Waals surface area contributed by atoms with Gasteiger partial charge in [-0.3, -0.25) is 4.79 Å². The van der Waals surface area contributed by atoms with Crippen molar-refractivity contribution in [1.82, 2.24) is 14.5 Å². The molecule has 0 radical (unpaired) electrons. The highest BCUT2D eigenvalue weighted by atomic mass is 35.5. The molecule has 0 unspecified atom stereocenters. The Balaban J connectivity index is 1.39. The number of aryl methyl sites for hydroxylation is 1. The Hall–Kier alpha value is -2.08. The van der Waals surface area contributed by atoms with Crippen molar-refractivity contribution in [3.8, 4) is 5.75 Å². The van der Waals surface area contributed by atoms with Gasteiger partial charge in [-0.1, -0.05) is 11.6 Å². The number of hydrogen-bond acceptors (Lipinski definition) is 3. The minimum absolute atomic E-state index is 0.0782. The summed E-state index contributed by atoms with van der Waals surface area (Å²) in [5.74, 6) is 1.20. The van der Waals surface area contributed by atoms with Gasteiger partial charge in [0.25, 0.3) is 5.91 Å². The zero-order valence-electron chi connectivity index (χ0n) is 15.2. The van der Waals surface area contributed by atoms with Crippen LogP contribution in [0.15, 0.2) is 24.4 Å². The Morgan fingerprint density at radius 2 is 2.19 bits per heavy atom. The third-order valence-corrected chi connectivity index (χ3v) is 5.71. The molecule has 1 amide bonds. The second-order valence-electron chi connectivity index (χ2n) is 7.26. The van der Waals surface area contributed by atoms with Crippen molar-refractivity contribution in [2.24, 2.45) is 0 Å². The van der Waals surface area contributed by atoms with Crippen LogP contribution in [0.3, 0.4) is 0 Å². The van der Waals surface area contributed by atoms with Crippen LogP contribution in [-0.4, -0.2) is 40.1 Å². The molecule has 5 nitrogen and oxygen atoms in total. The highest BCUT2D eigenvalue weighted by Crippen LogP contribution is 2.29. The number of halogens is 2. The van der Waals surface area contributed by atoms with E-state index < -0.39 is 5.82 Å². The number of aromatic nitrogens is 2. The van der Waals surface area contributed by atoms with E-state index in [4.69, 9.17) is 16.3 Å². The monoisotopic (exact) mass is 391 g/mol. The van der Waals surface area contributed by atoms with Gasteiger partial charge in [0.1, 0.15) is 17.4 Å². The second-order valence-corrected chi connectivity index (χ2v) is 7.67. The molecule has 1 saturated heterocycles. The summed E-state index contributed by atoms with van der Waals surface area (Å²) < 4.78 is 21.0. The molecule has 0 saturated carbocycles. The van der Waals surface area contributed by atoms with Crippen molar-refractivity contribution in [1.29, 1.82) is 0 Å². The summed E-state index contributed by atoms with van der Waals surface area (Å²) in [6.45, 7) is 2.32. The molecule has 2 aromatic rings. The largest absolute Gasteiger partial charge is 0.482 e. The smallest absolute Gasteiger partial charge is 0.260 e. The molecule has 0 N–H and O–H groups in total. The molecule has 27 heavy (non-hydrogen) atoms. The predicted molar refractivity (Wildman–Crippen MR) is 101 cm³/mol. The van der Waals surface area contributed by atoms with Gasteiger partial charge in [-0.15, -0.1) is 0 Å². The van der Waals surface area contributed by atoms with Crippen LogP contribution in [0.25, 0.3) is 0 Å². The molecule has 0 aliphatic carbocycles. The quantitative estimate of drug-likeness (QED) is 0.796. The predicted octanol–water partition coefficient (Wildman–Crippen LogP) is 3.80. The van der Waals surface area contributed by atoms with Crippen LogP contribution in [0.4, 0.5) is 4.39 Å². The molecule has 2 aliphatic rings. The SMILES string of the molecule is O=C(COc1ccc(F)cc1Cl)N1CCC[C@H](c2ncc3n2CCCC3)C1. The second kappa shape index (κ2) is 7.89. The summed E-state index contributed by atoms with van der Waals surface area (Å²) in [5, 5.41) is 0.170. The zero-order chi connectivity index (χ0) is 18.8. The number of rotatable bonds is 4. The number of carbonyl (C=O) groups is 1. The topological polar surface area (TPSA) is 47.4 Å². The van der Waals surface area contributed by atoms with Gasteiger partial charge in [-0.2, -0.15) is 0 Å². The van der Waals surface area contributed by atoms with Crippen LogP contribution in [0.1, 0.15) is 43.1 Å². The number of benzene rings is 1. The van der Waals surface area contributed by atoms with E-state index in [1.165, 1.54) is 36.7 Å².